The Morgan fingerprint density at radius 2 is 1.85 bits per heavy atom. The first kappa shape index (κ1) is 21.4. The van der Waals surface area contributed by atoms with Gasteiger partial charge in [-0.3, -0.25) is 4.90 Å². The highest BCUT2D eigenvalue weighted by molar-refractivity contribution is 5.93. The normalized spacial score (nSPS) is 16.5. The lowest BCUT2D eigenvalue weighted by Gasteiger charge is -2.17. The Kier molecular flexibility index (Phi) is 5.98. The minimum atomic E-state index is -0.221. The van der Waals surface area contributed by atoms with Crippen molar-refractivity contribution in [3.05, 3.63) is 78.2 Å². The fraction of sp³-hybridized carbons (Fsp3) is 0.269. The molecule has 3 N–H and O–H groups in total. The molecule has 1 fully saturated rings. The summed E-state index contributed by atoms with van der Waals surface area (Å²) in [6.45, 7) is 3.08. The molecule has 1 saturated heterocycles. The fourth-order valence-corrected chi connectivity index (χ4v) is 4.63. The van der Waals surface area contributed by atoms with Crippen LogP contribution in [-0.4, -0.2) is 46.3 Å². The minimum Gasteiger partial charge on any atom is -0.395 e. The first-order chi connectivity index (χ1) is 16.1. The van der Waals surface area contributed by atoms with Gasteiger partial charge in [-0.15, -0.1) is 0 Å². The summed E-state index contributed by atoms with van der Waals surface area (Å²) in [5.41, 5.74) is 2.88. The van der Waals surface area contributed by atoms with Gasteiger partial charge in [0.05, 0.1) is 12.1 Å². The molecule has 0 aliphatic carbocycles. The third kappa shape index (κ3) is 4.84. The highest BCUT2D eigenvalue weighted by Crippen LogP contribution is 2.22. The monoisotopic (exact) mass is 446 g/mol. The van der Waals surface area contributed by atoms with E-state index in [2.05, 4.69) is 21.6 Å². The van der Waals surface area contributed by atoms with Gasteiger partial charge in [-0.2, -0.15) is 0 Å². The second-order valence-corrected chi connectivity index (χ2v) is 8.65. The molecule has 0 bridgehead atoms. The summed E-state index contributed by atoms with van der Waals surface area (Å²) in [4.78, 5) is 14.9. The number of nitrogens with zero attached hydrogens (tertiary/aromatic N) is 2. The zero-order valence-corrected chi connectivity index (χ0v) is 18.3. The second kappa shape index (κ2) is 9.21. The van der Waals surface area contributed by atoms with Crippen LogP contribution in [-0.2, 0) is 13.1 Å². The van der Waals surface area contributed by atoms with Gasteiger partial charge in [0.2, 0.25) is 0 Å². The van der Waals surface area contributed by atoms with Gasteiger partial charge in [0, 0.05) is 44.1 Å². The number of likely N-dealkylation sites (tertiary alicyclic amines) is 1. The van der Waals surface area contributed by atoms with E-state index in [1.807, 2.05) is 53.2 Å². The van der Waals surface area contributed by atoms with Crippen LogP contribution < -0.4 is 10.6 Å². The van der Waals surface area contributed by atoms with Gasteiger partial charge in [-0.25, -0.2) is 9.18 Å². The summed E-state index contributed by atoms with van der Waals surface area (Å²) >= 11 is 0. The number of aromatic nitrogens is 1. The molecule has 1 aromatic heterocycles. The number of carbonyl (C=O) groups is 1. The lowest BCUT2D eigenvalue weighted by molar-refractivity contribution is 0.247. The third-order valence-electron chi connectivity index (χ3n) is 6.25. The van der Waals surface area contributed by atoms with Gasteiger partial charge in [-0.1, -0.05) is 24.3 Å². The Morgan fingerprint density at radius 1 is 1.03 bits per heavy atom. The Hall–Kier alpha value is -3.42. The van der Waals surface area contributed by atoms with E-state index in [9.17, 15) is 14.3 Å². The predicted octanol–water partition coefficient (Wildman–Crippen LogP) is 4.32. The van der Waals surface area contributed by atoms with E-state index in [-0.39, 0.29) is 24.5 Å². The Bertz CT molecular complexity index is 1300. The van der Waals surface area contributed by atoms with Crippen molar-refractivity contribution in [1.82, 2.24) is 14.8 Å². The molecule has 4 aromatic rings. The SMILES string of the molecule is O=C(Nc1ccc2ccn(CCO)c2c1)N[C@@H]1CCN(Cc2ccc3cc(F)ccc3c2)C1. The fourth-order valence-electron chi connectivity index (χ4n) is 4.63. The van der Waals surface area contributed by atoms with E-state index in [4.69, 9.17) is 0 Å². The van der Waals surface area contributed by atoms with Crippen molar-refractivity contribution < 1.29 is 14.3 Å². The van der Waals surface area contributed by atoms with Gasteiger partial charge in [0.1, 0.15) is 5.82 Å². The van der Waals surface area contributed by atoms with Crippen LogP contribution in [0, 0.1) is 5.82 Å². The lowest BCUT2D eigenvalue weighted by Crippen LogP contribution is -2.39. The number of carbonyl (C=O) groups excluding carboxylic acids is 1. The Labute approximate surface area is 191 Å². The van der Waals surface area contributed by atoms with Crippen molar-refractivity contribution in [2.24, 2.45) is 0 Å². The number of hydrogen-bond acceptors (Lipinski definition) is 3. The number of aliphatic hydroxyl groups excluding tert-OH is 1. The number of fused-ring (bicyclic) bond motifs is 2. The first-order valence-corrected chi connectivity index (χ1v) is 11.3. The molecule has 1 aliphatic heterocycles. The average Bonchev–Trinajstić information content (AvgIpc) is 3.40. The molecule has 5 rings (SSSR count). The zero-order valence-electron chi connectivity index (χ0n) is 18.3. The molecule has 0 radical (unpaired) electrons. The molecular formula is C26H27FN4O2. The number of halogens is 1. The molecule has 2 heterocycles. The average molecular weight is 447 g/mol. The van der Waals surface area contributed by atoms with Crippen molar-refractivity contribution in [3.8, 4) is 0 Å². The van der Waals surface area contributed by atoms with Crippen molar-refractivity contribution in [2.45, 2.75) is 25.6 Å². The summed E-state index contributed by atoms with van der Waals surface area (Å²) in [5.74, 6) is -0.221. The van der Waals surface area contributed by atoms with Gasteiger partial charge in [-0.05, 0) is 64.5 Å². The van der Waals surface area contributed by atoms with Crippen LogP contribution in [0.15, 0.2) is 66.9 Å². The van der Waals surface area contributed by atoms with Crippen LogP contribution in [0.5, 0.6) is 0 Å². The molecule has 0 unspecified atom stereocenters. The van der Waals surface area contributed by atoms with Crippen molar-refractivity contribution in [3.63, 3.8) is 0 Å². The van der Waals surface area contributed by atoms with E-state index in [1.54, 1.807) is 6.07 Å². The van der Waals surface area contributed by atoms with Crippen LogP contribution in [0.3, 0.4) is 0 Å². The summed E-state index contributed by atoms with van der Waals surface area (Å²) in [7, 11) is 0. The van der Waals surface area contributed by atoms with Crippen molar-refractivity contribution in [1.29, 1.82) is 0 Å². The number of rotatable bonds is 6. The molecule has 6 nitrogen and oxygen atoms in total. The van der Waals surface area contributed by atoms with Crippen molar-refractivity contribution in [2.75, 3.05) is 25.0 Å². The van der Waals surface area contributed by atoms with Crippen LogP contribution >= 0.6 is 0 Å². The van der Waals surface area contributed by atoms with Crippen LogP contribution in [0.2, 0.25) is 0 Å². The molecule has 7 heteroatoms. The summed E-state index contributed by atoms with van der Waals surface area (Å²) in [5, 5.41) is 18.2. The Morgan fingerprint density at radius 3 is 2.73 bits per heavy atom. The molecule has 3 aromatic carbocycles. The maximum Gasteiger partial charge on any atom is 0.319 e. The number of urea groups is 1. The zero-order chi connectivity index (χ0) is 22.8. The molecule has 170 valence electrons. The maximum atomic E-state index is 13.4. The molecule has 2 amide bonds. The number of anilines is 1. The van der Waals surface area contributed by atoms with Gasteiger partial charge in [0.15, 0.2) is 0 Å². The summed E-state index contributed by atoms with van der Waals surface area (Å²) < 4.78 is 15.4. The van der Waals surface area contributed by atoms with Crippen LogP contribution in [0.1, 0.15) is 12.0 Å². The predicted molar refractivity (Wildman–Crippen MR) is 129 cm³/mol. The Balaban J connectivity index is 1.16. The van der Waals surface area contributed by atoms with Crippen LogP contribution in [0.25, 0.3) is 21.7 Å². The van der Waals surface area contributed by atoms with Gasteiger partial charge in [0.25, 0.3) is 0 Å². The molecule has 0 spiro atoms. The number of nitrogens with one attached hydrogen (secondary N) is 2. The lowest BCUT2D eigenvalue weighted by atomic mass is 10.1. The quantitative estimate of drug-likeness (QED) is 0.413. The van der Waals surface area contributed by atoms with E-state index >= 15 is 0 Å². The third-order valence-corrected chi connectivity index (χ3v) is 6.25. The second-order valence-electron chi connectivity index (χ2n) is 8.65. The minimum absolute atomic E-state index is 0.0673. The van der Waals surface area contributed by atoms with Gasteiger partial charge >= 0.3 is 6.03 Å². The van der Waals surface area contributed by atoms with Crippen molar-refractivity contribution >= 4 is 33.4 Å². The summed E-state index contributed by atoms with van der Waals surface area (Å²) in [6.07, 6.45) is 2.83. The topological polar surface area (TPSA) is 69.5 Å². The van der Waals surface area contributed by atoms with E-state index in [0.29, 0.717) is 6.54 Å². The standard InChI is InChI=1S/C26H27FN4O2/c27-22-5-3-20-13-18(1-2-21(20)14-22)16-30-9-8-24(17-30)29-26(33)28-23-6-4-19-7-10-31(11-12-32)25(19)15-23/h1-7,10,13-15,24,32H,8-9,11-12,16-17H2,(H2,28,29,33)/t24-/m1/s1. The van der Waals surface area contributed by atoms with Crippen LogP contribution in [0.4, 0.5) is 14.9 Å². The van der Waals surface area contributed by atoms with E-state index in [1.165, 1.54) is 11.6 Å². The van der Waals surface area contributed by atoms with E-state index < -0.39 is 0 Å². The number of benzene rings is 3. The highest BCUT2D eigenvalue weighted by atomic mass is 19.1. The summed E-state index contributed by atoms with van der Waals surface area (Å²) in [6, 6.07) is 18.6. The number of amides is 2. The number of hydrogen-bond donors (Lipinski definition) is 3. The highest BCUT2D eigenvalue weighted by Gasteiger charge is 2.24. The van der Waals surface area contributed by atoms with Gasteiger partial charge < -0.3 is 20.3 Å². The largest absolute Gasteiger partial charge is 0.395 e. The van der Waals surface area contributed by atoms with E-state index in [0.717, 1.165) is 53.4 Å². The molecule has 1 aliphatic rings. The smallest absolute Gasteiger partial charge is 0.319 e. The molecule has 0 saturated carbocycles. The maximum absolute atomic E-state index is 13.4. The molecule has 1 atom stereocenters. The number of aliphatic hydroxyl groups is 1. The molecule has 33 heavy (non-hydrogen) atoms. The first-order valence-electron chi connectivity index (χ1n) is 11.3. The molecular weight excluding hydrogens is 419 g/mol.